The molecular weight excluding hydrogens is 290 g/mol. The van der Waals surface area contributed by atoms with Crippen molar-refractivity contribution in [3.8, 4) is 11.8 Å². The number of rotatable bonds is 3. The zero-order chi connectivity index (χ0) is 15.6. The van der Waals surface area contributed by atoms with Crippen LogP contribution in [0.2, 0.25) is 0 Å². The fourth-order valence-corrected chi connectivity index (χ4v) is 4.59. The largest absolute Gasteiger partial charge is 0.497 e. The molecule has 1 aromatic carbocycles. The minimum absolute atomic E-state index is 0.269. The first-order chi connectivity index (χ1) is 9.91. The van der Waals surface area contributed by atoms with E-state index in [0.717, 1.165) is 0 Å². The van der Waals surface area contributed by atoms with Gasteiger partial charge in [-0.2, -0.15) is 9.57 Å². The van der Waals surface area contributed by atoms with Crippen molar-refractivity contribution in [1.82, 2.24) is 9.62 Å². The van der Waals surface area contributed by atoms with Crippen molar-refractivity contribution in [1.29, 1.82) is 5.26 Å². The average molecular weight is 309 g/mol. The number of aryl methyl sites for hydroxylation is 2. The maximum absolute atomic E-state index is 12.9. The minimum Gasteiger partial charge on any atom is -0.497 e. The minimum atomic E-state index is -3.69. The Labute approximate surface area is 125 Å². The summed E-state index contributed by atoms with van der Waals surface area (Å²) in [6, 6.07) is 4.77. The summed E-state index contributed by atoms with van der Waals surface area (Å²) in [6.07, 6.45) is 0. The summed E-state index contributed by atoms with van der Waals surface area (Å²) >= 11 is 0. The lowest BCUT2D eigenvalue weighted by atomic mass is 10.1. The van der Waals surface area contributed by atoms with Crippen LogP contribution < -0.4 is 10.1 Å². The van der Waals surface area contributed by atoms with Crippen molar-refractivity contribution >= 4 is 10.0 Å². The normalized spacial score (nSPS) is 20.0. The number of nitriles is 1. The topological polar surface area (TPSA) is 82.4 Å². The highest BCUT2D eigenvalue weighted by Gasteiger charge is 2.35. The quantitative estimate of drug-likeness (QED) is 0.893. The highest BCUT2D eigenvalue weighted by atomic mass is 32.2. The smallest absolute Gasteiger partial charge is 0.244 e. The molecule has 1 fully saturated rings. The van der Waals surface area contributed by atoms with Gasteiger partial charge in [-0.3, -0.25) is 0 Å². The van der Waals surface area contributed by atoms with Crippen LogP contribution >= 0.6 is 0 Å². The predicted molar refractivity (Wildman–Crippen MR) is 78.6 cm³/mol. The van der Waals surface area contributed by atoms with E-state index in [-0.39, 0.29) is 4.90 Å². The van der Waals surface area contributed by atoms with Crippen molar-refractivity contribution in [2.24, 2.45) is 0 Å². The van der Waals surface area contributed by atoms with Crippen LogP contribution in [0.5, 0.6) is 5.75 Å². The number of nitrogens with zero attached hydrogens (tertiary/aromatic N) is 2. The molecule has 0 saturated carbocycles. The van der Waals surface area contributed by atoms with E-state index >= 15 is 0 Å². The molecule has 0 amide bonds. The summed E-state index contributed by atoms with van der Waals surface area (Å²) < 4.78 is 32.3. The van der Waals surface area contributed by atoms with E-state index in [0.29, 0.717) is 36.5 Å². The molecule has 0 aromatic heterocycles. The lowest BCUT2D eigenvalue weighted by molar-refractivity contribution is 0.311. The van der Waals surface area contributed by atoms with Crippen molar-refractivity contribution in [2.75, 3.05) is 26.7 Å². The van der Waals surface area contributed by atoms with E-state index in [1.54, 1.807) is 33.1 Å². The van der Waals surface area contributed by atoms with Crippen LogP contribution in [0.15, 0.2) is 17.0 Å². The van der Waals surface area contributed by atoms with E-state index in [9.17, 15) is 13.7 Å². The monoisotopic (exact) mass is 309 g/mol. The van der Waals surface area contributed by atoms with Gasteiger partial charge in [-0.15, -0.1) is 0 Å². The SMILES string of the molecule is COc1cc(C)c(S(=O)(=O)N2CCNCC2C#N)c(C)c1. The summed E-state index contributed by atoms with van der Waals surface area (Å²) in [5.41, 5.74) is 1.25. The van der Waals surface area contributed by atoms with Gasteiger partial charge in [-0.25, -0.2) is 8.42 Å². The Morgan fingerprint density at radius 3 is 2.52 bits per heavy atom. The van der Waals surface area contributed by atoms with Crippen molar-refractivity contribution in [3.05, 3.63) is 23.3 Å². The number of piperazine rings is 1. The number of benzene rings is 1. The maximum Gasteiger partial charge on any atom is 0.244 e. The molecule has 0 aliphatic carbocycles. The van der Waals surface area contributed by atoms with Crippen LogP contribution in [-0.2, 0) is 10.0 Å². The highest BCUT2D eigenvalue weighted by molar-refractivity contribution is 7.89. The van der Waals surface area contributed by atoms with E-state index < -0.39 is 16.1 Å². The van der Waals surface area contributed by atoms with Gasteiger partial charge in [-0.1, -0.05) is 0 Å². The van der Waals surface area contributed by atoms with Gasteiger partial charge in [0.1, 0.15) is 11.8 Å². The Morgan fingerprint density at radius 1 is 1.38 bits per heavy atom. The lowest BCUT2D eigenvalue weighted by Gasteiger charge is -2.31. The number of methoxy groups -OCH3 is 1. The third-order valence-corrected chi connectivity index (χ3v) is 5.79. The standard InChI is InChI=1S/C14H19N3O3S/c1-10-6-13(20-3)7-11(2)14(10)21(18,19)17-5-4-16-9-12(17)8-15/h6-7,12,16H,4-5,9H2,1-3H3. The molecule has 6 nitrogen and oxygen atoms in total. The molecule has 1 aromatic rings. The summed E-state index contributed by atoms with van der Waals surface area (Å²) in [5.74, 6) is 0.626. The molecular formula is C14H19N3O3S. The Hall–Kier alpha value is -1.62. The molecule has 1 atom stereocenters. The van der Waals surface area contributed by atoms with Gasteiger partial charge in [0.2, 0.25) is 10.0 Å². The Kier molecular flexibility index (Phi) is 4.52. The average Bonchev–Trinajstić information content (AvgIpc) is 2.46. The zero-order valence-electron chi connectivity index (χ0n) is 12.4. The number of ether oxygens (including phenoxy) is 1. The highest BCUT2D eigenvalue weighted by Crippen LogP contribution is 2.29. The summed E-state index contributed by atoms with van der Waals surface area (Å²) in [7, 11) is -2.15. The van der Waals surface area contributed by atoms with E-state index in [4.69, 9.17) is 4.74 Å². The first-order valence-corrected chi connectivity index (χ1v) is 8.13. The molecule has 114 valence electrons. The number of hydrogen-bond donors (Lipinski definition) is 1. The third kappa shape index (κ3) is 2.88. The fourth-order valence-electron chi connectivity index (χ4n) is 2.64. The third-order valence-electron chi connectivity index (χ3n) is 3.58. The van der Waals surface area contributed by atoms with Gasteiger partial charge < -0.3 is 10.1 Å². The molecule has 1 aliphatic heterocycles. The number of hydrogen-bond acceptors (Lipinski definition) is 5. The van der Waals surface area contributed by atoms with Gasteiger partial charge in [0.05, 0.1) is 18.1 Å². The van der Waals surface area contributed by atoms with Gasteiger partial charge in [0, 0.05) is 19.6 Å². The first-order valence-electron chi connectivity index (χ1n) is 6.69. The second-order valence-corrected chi connectivity index (χ2v) is 6.88. The van der Waals surface area contributed by atoms with Gasteiger partial charge in [-0.05, 0) is 37.1 Å². The molecule has 0 radical (unpaired) electrons. The van der Waals surface area contributed by atoms with Crippen molar-refractivity contribution < 1.29 is 13.2 Å². The van der Waals surface area contributed by atoms with Crippen molar-refractivity contribution in [3.63, 3.8) is 0 Å². The first kappa shape index (κ1) is 15.8. The molecule has 0 bridgehead atoms. The van der Waals surface area contributed by atoms with Crippen LogP contribution in [0.25, 0.3) is 0 Å². The van der Waals surface area contributed by atoms with Gasteiger partial charge >= 0.3 is 0 Å². The van der Waals surface area contributed by atoms with E-state index in [2.05, 4.69) is 11.4 Å². The summed E-state index contributed by atoms with van der Waals surface area (Å²) in [5, 5.41) is 12.2. The Balaban J connectivity index is 2.52. The van der Waals surface area contributed by atoms with Crippen LogP contribution in [0, 0.1) is 25.2 Å². The maximum atomic E-state index is 12.9. The van der Waals surface area contributed by atoms with Gasteiger partial charge in [0.15, 0.2) is 0 Å². The molecule has 1 saturated heterocycles. The van der Waals surface area contributed by atoms with Crippen LogP contribution in [0.4, 0.5) is 0 Å². The van der Waals surface area contributed by atoms with Gasteiger partial charge in [0.25, 0.3) is 0 Å². The zero-order valence-corrected chi connectivity index (χ0v) is 13.2. The molecule has 1 aliphatic rings. The van der Waals surface area contributed by atoms with Crippen LogP contribution in [0.3, 0.4) is 0 Å². The Bertz CT molecular complexity index is 656. The fraction of sp³-hybridized carbons (Fsp3) is 0.500. The second-order valence-electron chi connectivity index (χ2n) is 5.06. The molecule has 0 spiro atoms. The lowest BCUT2D eigenvalue weighted by Crippen LogP contribution is -2.53. The van der Waals surface area contributed by atoms with Crippen LogP contribution in [-0.4, -0.2) is 45.5 Å². The number of nitrogens with one attached hydrogen (secondary N) is 1. The van der Waals surface area contributed by atoms with E-state index in [1.165, 1.54) is 4.31 Å². The summed E-state index contributed by atoms with van der Waals surface area (Å²) in [4.78, 5) is 0.269. The molecule has 1 unspecified atom stereocenters. The molecule has 2 rings (SSSR count). The molecule has 1 heterocycles. The summed E-state index contributed by atoms with van der Waals surface area (Å²) in [6.45, 7) is 4.68. The second kappa shape index (κ2) is 6.02. The molecule has 21 heavy (non-hydrogen) atoms. The predicted octanol–water partition coefficient (Wildman–Crippen LogP) is 0.798. The Morgan fingerprint density at radius 2 is 2.00 bits per heavy atom. The van der Waals surface area contributed by atoms with Crippen LogP contribution in [0.1, 0.15) is 11.1 Å². The molecule has 1 N–H and O–H groups in total. The number of sulfonamides is 1. The van der Waals surface area contributed by atoms with Crippen molar-refractivity contribution in [2.45, 2.75) is 24.8 Å². The van der Waals surface area contributed by atoms with E-state index in [1.807, 2.05) is 0 Å². The molecule has 7 heteroatoms.